The van der Waals surface area contributed by atoms with Crippen molar-refractivity contribution in [3.63, 3.8) is 0 Å². The zero-order valence-electron chi connectivity index (χ0n) is 13.6. The van der Waals surface area contributed by atoms with Crippen molar-refractivity contribution in [2.45, 2.75) is 6.54 Å². The lowest BCUT2D eigenvalue weighted by Gasteiger charge is -2.08. The zero-order chi connectivity index (χ0) is 17.9. The Kier molecular flexibility index (Phi) is 4.33. The van der Waals surface area contributed by atoms with Crippen molar-refractivity contribution in [1.82, 2.24) is 20.2 Å². The molecule has 6 nitrogen and oxygen atoms in total. The van der Waals surface area contributed by atoms with Crippen molar-refractivity contribution in [3.8, 4) is 11.4 Å². The number of aromatic nitrogens is 4. The van der Waals surface area contributed by atoms with Crippen LogP contribution in [-0.2, 0) is 11.3 Å². The number of anilines is 1. The minimum absolute atomic E-state index is 0.0117. The number of carbonyl (C=O) groups excluding carboxylic acids is 1. The molecule has 0 aliphatic carbocycles. The molecule has 7 heteroatoms. The molecule has 0 fully saturated rings. The predicted octanol–water partition coefficient (Wildman–Crippen LogP) is 3.79. The molecule has 0 bridgehead atoms. The van der Waals surface area contributed by atoms with E-state index in [2.05, 4.69) is 20.8 Å². The number of rotatable bonds is 4. The lowest BCUT2D eigenvalue weighted by atomic mass is 10.1. The second-order valence-electron chi connectivity index (χ2n) is 5.78. The Hall–Kier alpha value is -3.25. The van der Waals surface area contributed by atoms with Gasteiger partial charge in [0.15, 0.2) is 5.82 Å². The van der Waals surface area contributed by atoms with Crippen LogP contribution in [0.3, 0.4) is 0 Å². The molecule has 0 radical (unpaired) electrons. The molecule has 0 atom stereocenters. The minimum atomic E-state index is -0.206. The van der Waals surface area contributed by atoms with Gasteiger partial charge in [-0.3, -0.25) is 4.79 Å². The third-order valence-electron chi connectivity index (χ3n) is 3.96. The highest BCUT2D eigenvalue weighted by Crippen LogP contribution is 2.20. The first-order chi connectivity index (χ1) is 12.7. The summed E-state index contributed by atoms with van der Waals surface area (Å²) in [6.07, 6.45) is 0. The van der Waals surface area contributed by atoms with Gasteiger partial charge in [0.25, 0.3) is 0 Å². The average molecular weight is 364 g/mol. The fourth-order valence-electron chi connectivity index (χ4n) is 2.72. The van der Waals surface area contributed by atoms with E-state index in [9.17, 15) is 4.79 Å². The standard InChI is InChI=1S/C19H14ClN5O/c20-16-8-5-14(6-9-16)19-22-23-24-25(19)12-18(26)21-17-10-7-13-3-1-2-4-15(13)11-17/h1-11H,12H2,(H,21,26). The van der Waals surface area contributed by atoms with Crippen molar-refractivity contribution in [1.29, 1.82) is 0 Å². The highest BCUT2D eigenvalue weighted by molar-refractivity contribution is 6.30. The maximum absolute atomic E-state index is 12.4. The molecule has 4 aromatic rings. The first-order valence-corrected chi connectivity index (χ1v) is 8.37. The topological polar surface area (TPSA) is 72.7 Å². The van der Waals surface area contributed by atoms with Crippen LogP contribution in [-0.4, -0.2) is 26.1 Å². The summed E-state index contributed by atoms with van der Waals surface area (Å²) in [7, 11) is 0. The van der Waals surface area contributed by atoms with E-state index in [1.54, 1.807) is 12.1 Å². The van der Waals surface area contributed by atoms with Crippen LogP contribution < -0.4 is 5.32 Å². The summed E-state index contributed by atoms with van der Waals surface area (Å²) >= 11 is 5.91. The number of hydrogen-bond donors (Lipinski definition) is 1. The molecule has 0 spiro atoms. The van der Waals surface area contributed by atoms with Gasteiger partial charge in [-0.15, -0.1) is 5.10 Å². The fourth-order valence-corrected chi connectivity index (χ4v) is 2.85. The number of fused-ring (bicyclic) bond motifs is 1. The van der Waals surface area contributed by atoms with Gasteiger partial charge in [0, 0.05) is 16.3 Å². The largest absolute Gasteiger partial charge is 0.324 e. The zero-order valence-corrected chi connectivity index (χ0v) is 14.4. The van der Waals surface area contributed by atoms with Crippen LogP contribution >= 0.6 is 11.6 Å². The van der Waals surface area contributed by atoms with Crippen molar-refractivity contribution < 1.29 is 4.79 Å². The molecule has 128 valence electrons. The Morgan fingerprint density at radius 2 is 1.77 bits per heavy atom. The van der Waals surface area contributed by atoms with E-state index in [4.69, 9.17) is 11.6 Å². The maximum Gasteiger partial charge on any atom is 0.246 e. The third-order valence-corrected chi connectivity index (χ3v) is 4.21. The minimum Gasteiger partial charge on any atom is -0.324 e. The Balaban J connectivity index is 1.51. The molecule has 26 heavy (non-hydrogen) atoms. The fraction of sp³-hybridized carbons (Fsp3) is 0.0526. The Morgan fingerprint density at radius 3 is 2.58 bits per heavy atom. The molecule has 1 N–H and O–H groups in total. The Labute approximate surface area is 154 Å². The summed E-state index contributed by atoms with van der Waals surface area (Å²) < 4.78 is 1.46. The first-order valence-electron chi connectivity index (χ1n) is 8.00. The summed E-state index contributed by atoms with van der Waals surface area (Å²) in [5.41, 5.74) is 1.52. The van der Waals surface area contributed by atoms with E-state index in [1.165, 1.54) is 4.68 Å². The molecular weight excluding hydrogens is 350 g/mol. The van der Waals surface area contributed by atoms with E-state index in [-0.39, 0.29) is 12.5 Å². The summed E-state index contributed by atoms with van der Waals surface area (Å²) in [5, 5.41) is 17.3. The first kappa shape index (κ1) is 16.2. The normalized spacial score (nSPS) is 10.8. The SMILES string of the molecule is O=C(Cn1nnnc1-c1ccc(Cl)cc1)Nc1ccc2ccccc2c1. The number of carbonyl (C=O) groups is 1. The summed E-state index contributed by atoms with van der Waals surface area (Å²) in [6.45, 7) is 0.0117. The number of amides is 1. The number of tetrazole rings is 1. The number of benzene rings is 3. The third kappa shape index (κ3) is 3.41. The molecular formula is C19H14ClN5O. The molecule has 0 aliphatic rings. The highest BCUT2D eigenvalue weighted by atomic mass is 35.5. The number of nitrogens with zero attached hydrogens (tertiary/aromatic N) is 4. The quantitative estimate of drug-likeness (QED) is 0.598. The second kappa shape index (κ2) is 6.93. The van der Waals surface area contributed by atoms with Crippen molar-refractivity contribution in [2.75, 3.05) is 5.32 Å². The predicted molar refractivity (Wildman–Crippen MR) is 101 cm³/mol. The van der Waals surface area contributed by atoms with Gasteiger partial charge < -0.3 is 5.32 Å². The average Bonchev–Trinajstić information content (AvgIpc) is 3.10. The van der Waals surface area contributed by atoms with E-state index < -0.39 is 0 Å². The van der Waals surface area contributed by atoms with Gasteiger partial charge in [-0.05, 0) is 57.6 Å². The van der Waals surface area contributed by atoms with Crippen LogP contribution in [0.15, 0.2) is 66.7 Å². The number of hydrogen-bond acceptors (Lipinski definition) is 4. The maximum atomic E-state index is 12.4. The smallest absolute Gasteiger partial charge is 0.246 e. The molecule has 0 unspecified atom stereocenters. The monoisotopic (exact) mass is 363 g/mol. The molecule has 0 saturated heterocycles. The molecule has 1 amide bonds. The van der Waals surface area contributed by atoms with Crippen molar-refractivity contribution in [2.24, 2.45) is 0 Å². The van der Waals surface area contributed by atoms with Gasteiger partial charge >= 0.3 is 0 Å². The van der Waals surface area contributed by atoms with Crippen LogP contribution in [0, 0.1) is 0 Å². The van der Waals surface area contributed by atoms with E-state index in [0.717, 1.165) is 22.0 Å². The Bertz CT molecular complexity index is 1070. The van der Waals surface area contributed by atoms with Gasteiger partial charge in [0.05, 0.1) is 0 Å². The van der Waals surface area contributed by atoms with E-state index >= 15 is 0 Å². The summed E-state index contributed by atoms with van der Waals surface area (Å²) in [6, 6.07) is 20.9. The van der Waals surface area contributed by atoms with Crippen molar-refractivity contribution >= 4 is 34.0 Å². The molecule has 3 aromatic carbocycles. The lowest BCUT2D eigenvalue weighted by molar-refractivity contribution is -0.116. The molecule has 0 saturated carbocycles. The van der Waals surface area contributed by atoms with Gasteiger partial charge in [0.2, 0.25) is 5.91 Å². The second-order valence-corrected chi connectivity index (χ2v) is 6.21. The van der Waals surface area contributed by atoms with Gasteiger partial charge in [0.1, 0.15) is 6.54 Å². The molecule has 1 aromatic heterocycles. The van der Waals surface area contributed by atoms with E-state index in [0.29, 0.717) is 10.8 Å². The van der Waals surface area contributed by atoms with E-state index in [1.807, 2.05) is 54.6 Å². The van der Waals surface area contributed by atoms with Crippen LogP contribution in [0.2, 0.25) is 5.02 Å². The van der Waals surface area contributed by atoms with Crippen LogP contribution in [0.5, 0.6) is 0 Å². The summed E-state index contributed by atoms with van der Waals surface area (Å²) in [4.78, 5) is 12.4. The van der Waals surface area contributed by atoms with Crippen LogP contribution in [0.4, 0.5) is 5.69 Å². The molecule has 0 aliphatic heterocycles. The van der Waals surface area contributed by atoms with Crippen LogP contribution in [0.25, 0.3) is 22.2 Å². The highest BCUT2D eigenvalue weighted by Gasteiger charge is 2.12. The number of nitrogens with one attached hydrogen (secondary N) is 1. The molecule has 4 rings (SSSR count). The van der Waals surface area contributed by atoms with Gasteiger partial charge in [-0.25, -0.2) is 4.68 Å². The van der Waals surface area contributed by atoms with Gasteiger partial charge in [-0.1, -0.05) is 41.9 Å². The number of halogens is 1. The lowest BCUT2D eigenvalue weighted by Crippen LogP contribution is -2.20. The van der Waals surface area contributed by atoms with Crippen molar-refractivity contribution in [3.05, 3.63) is 71.8 Å². The molecule has 1 heterocycles. The van der Waals surface area contributed by atoms with Crippen LogP contribution in [0.1, 0.15) is 0 Å². The summed E-state index contributed by atoms with van der Waals surface area (Å²) in [5.74, 6) is 0.304. The van der Waals surface area contributed by atoms with Gasteiger partial charge in [-0.2, -0.15) is 0 Å². The Morgan fingerprint density at radius 1 is 1.00 bits per heavy atom.